The first-order valence-electron chi connectivity index (χ1n) is 5.41. The number of carbonyl (C=O) groups is 1. The van der Waals surface area contributed by atoms with Gasteiger partial charge < -0.3 is 13.7 Å². The van der Waals surface area contributed by atoms with Crippen LogP contribution in [0.4, 0.5) is 13.2 Å². The van der Waals surface area contributed by atoms with Crippen molar-refractivity contribution < 1.29 is 40.0 Å². The summed E-state index contributed by atoms with van der Waals surface area (Å²) in [5.41, 5.74) is -6.82. The normalized spacial score (nSPS) is 23.9. The van der Waals surface area contributed by atoms with Gasteiger partial charge in [-0.3, -0.25) is 0 Å². The SMILES string of the molecule is COC(=O)C1(OC)CC=C(OS(=O)(=O)C(F)(F)F)CC1. The monoisotopic (exact) mass is 318 g/mol. The molecule has 10 heteroatoms. The van der Waals surface area contributed by atoms with Crippen LogP contribution in [0.15, 0.2) is 11.8 Å². The summed E-state index contributed by atoms with van der Waals surface area (Å²) in [5.74, 6) is -1.06. The first-order valence-corrected chi connectivity index (χ1v) is 6.82. The lowest BCUT2D eigenvalue weighted by molar-refractivity contribution is -0.167. The quantitative estimate of drug-likeness (QED) is 0.444. The summed E-state index contributed by atoms with van der Waals surface area (Å²) in [7, 11) is -3.29. The van der Waals surface area contributed by atoms with Gasteiger partial charge in [0.05, 0.1) is 7.11 Å². The molecule has 1 rings (SSSR count). The first kappa shape index (κ1) is 16.8. The van der Waals surface area contributed by atoms with Gasteiger partial charge in [0.15, 0.2) is 5.60 Å². The van der Waals surface area contributed by atoms with Crippen molar-refractivity contribution in [3.05, 3.63) is 11.8 Å². The van der Waals surface area contributed by atoms with Crippen molar-refractivity contribution in [2.24, 2.45) is 0 Å². The Labute approximate surface area is 113 Å². The zero-order chi connectivity index (χ0) is 15.6. The van der Waals surface area contributed by atoms with Crippen LogP contribution in [0.5, 0.6) is 0 Å². The maximum atomic E-state index is 12.2. The number of alkyl halides is 3. The molecule has 0 saturated carbocycles. The third kappa shape index (κ3) is 3.23. The van der Waals surface area contributed by atoms with Crippen LogP contribution in [-0.4, -0.2) is 39.7 Å². The largest absolute Gasteiger partial charge is 0.534 e. The molecule has 0 spiro atoms. The molecule has 0 aromatic heterocycles. The molecule has 1 aliphatic rings. The standard InChI is InChI=1S/C10H13F3O6S/c1-17-8(14)9(18-2)5-3-7(4-6-9)19-20(15,16)10(11,12)13/h3H,4-6H2,1-2H3. The summed E-state index contributed by atoms with van der Waals surface area (Å²) in [6.45, 7) is 0. The van der Waals surface area contributed by atoms with E-state index in [1.807, 2.05) is 0 Å². The van der Waals surface area contributed by atoms with Gasteiger partial charge in [0.1, 0.15) is 5.76 Å². The Bertz CT molecular complexity index is 510. The lowest BCUT2D eigenvalue weighted by Gasteiger charge is -2.31. The molecular formula is C10H13F3O6S. The van der Waals surface area contributed by atoms with Crippen molar-refractivity contribution in [3.63, 3.8) is 0 Å². The highest BCUT2D eigenvalue weighted by Crippen LogP contribution is 2.35. The molecule has 1 atom stereocenters. The lowest BCUT2D eigenvalue weighted by Crippen LogP contribution is -2.43. The molecule has 6 nitrogen and oxygen atoms in total. The molecule has 0 fully saturated rings. The molecule has 0 bridgehead atoms. The minimum Gasteiger partial charge on any atom is -0.467 e. The topological polar surface area (TPSA) is 78.9 Å². The highest BCUT2D eigenvalue weighted by atomic mass is 32.2. The van der Waals surface area contributed by atoms with Gasteiger partial charge in [-0.2, -0.15) is 21.6 Å². The fourth-order valence-electron chi connectivity index (χ4n) is 1.71. The van der Waals surface area contributed by atoms with Crippen LogP contribution < -0.4 is 0 Å². The number of halogens is 3. The third-order valence-corrected chi connectivity index (χ3v) is 3.88. The average Bonchev–Trinajstić information content (AvgIpc) is 2.37. The van der Waals surface area contributed by atoms with Crippen LogP contribution in [-0.2, 0) is 28.6 Å². The van der Waals surface area contributed by atoms with E-state index in [0.29, 0.717) is 0 Å². The van der Waals surface area contributed by atoms with Gasteiger partial charge in [-0.1, -0.05) is 0 Å². The van der Waals surface area contributed by atoms with Crippen LogP contribution in [0.1, 0.15) is 19.3 Å². The highest BCUT2D eigenvalue weighted by molar-refractivity contribution is 7.87. The van der Waals surface area contributed by atoms with E-state index in [1.165, 1.54) is 7.11 Å². The molecule has 0 radical (unpaired) electrons. The van der Waals surface area contributed by atoms with E-state index in [1.54, 1.807) is 0 Å². The molecule has 0 N–H and O–H groups in total. The molecule has 116 valence electrons. The van der Waals surface area contributed by atoms with Gasteiger partial charge in [-0.25, -0.2) is 4.79 Å². The minimum atomic E-state index is -5.69. The number of allylic oxidation sites excluding steroid dienone is 1. The van der Waals surface area contributed by atoms with Crippen molar-refractivity contribution in [2.75, 3.05) is 14.2 Å². The van der Waals surface area contributed by atoms with Crippen LogP contribution in [0.3, 0.4) is 0 Å². The molecule has 0 heterocycles. The Balaban J connectivity index is 2.86. The van der Waals surface area contributed by atoms with Crippen LogP contribution >= 0.6 is 0 Å². The van der Waals surface area contributed by atoms with Crippen molar-refractivity contribution >= 4 is 16.1 Å². The molecule has 20 heavy (non-hydrogen) atoms. The first-order chi connectivity index (χ1) is 9.08. The van der Waals surface area contributed by atoms with E-state index in [-0.39, 0.29) is 25.0 Å². The molecular weight excluding hydrogens is 305 g/mol. The van der Waals surface area contributed by atoms with Gasteiger partial charge in [-0.05, 0) is 12.5 Å². The van der Waals surface area contributed by atoms with Crippen molar-refractivity contribution in [1.82, 2.24) is 0 Å². The number of methoxy groups -OCH3 is 2. The van der Waals surface area contributed by atoms with E-state index in [0.717, 1.165) is 13.2 Å². The summed E-state index contributed by atoms with van der Waals surface area (Å²) in [5, 5.41) is 0. The highest BCUT2D eigenvalue weighted by Gasteiger charge is 2.50. The summed E-state index contributed by atoms with van der Waals surface area (Å²) >= 11 is 0. The Morgan fingerprint density at radius 1 is 1.35 bits per heavy atom. The molecule has 0 amide bonds. The summed E-state index contributed by atoms with van der Waals surface area (Å²) in [6, 6.07) is 0. The number of hydrogen-bond donors (Lipinski definition) is 0. The fourth-order valence-corrected chi connectivity index (χ4v) is 2.24. The summed E-state index contributed by atoms with van der Waals surface area (Å²) in [4.78, 5) is 11.6. The van der Waals surface area contributed by atoms with Gasteiger partial charge >= 0.3 is 21.6 Å². The molecule has 1 aliphatic carbocycles. The van der Waals surface area contributed by atoms with Crippen molar-refractivity contribution in [3.8, 4) is 0 Å². The Morgan fingerprint density at radius 2 is 1.95 bits per heavy atom. The number of hydrogen-bond acceptors (Lipinski definition) is 6. The zero-order valence-electron chi connectivity index (χ0n) is 10.7. The maximum absolute atomic E-state index is 12.2. The van der Waals surface area contributed by atoms with Crippen LogP contribution in [0.25, 0.3) is 0 Å². The summed E-state index contributed by atoms with van der Waals surface area (Å²) < 4.78 is 71.7. The molecule has 0 aromatic rings. The predicted molar refractivity (Wildman–Crippen MR) is 59.7 cm³/mol. The van der Waals surface area contributed by atoms with Crippen LogP contribution in [0.2, 0.25) is 0 Å². The molecule has 0 aromatic carbocycles. The van der Waals surface area contributed by atoms with Gasteiger partial charge in [0.25, 0.3) is 0 Å². The second kappa shape index (κ2) is 5.60. The van der Waals surface area contributed by atoms with Crippen molar-refractivity contribution in [1.29, 1.82) is 0 Å². The van der Waals surface area contributed by atoms with E-state index in [4.69, 9.17) is 4.74 Å². The van der Waals surface area contributed by atoms with Gasteiger partial charge in [0, 0.05) is 20.0 Å². The second-order valence-electron chi connectivity index (χ2n) is 4.05. The molecule has 0 saturated heterocycles. The Morgan fingerprint density at radius 3 is 2.30 bits per heavy atom. The van der Waals surface area contributed by atoms with Crippen LogP contribution in [0, 0.1) is 0 Å². The number of carbonyl (C=O) groups excluding carboxylic acids is 1. The molecule has 1 unspecified atom stereocenters. The Hall–Kier alpha value is -1.29. The van der Waals surface area contributed by atoms with E-state index >= 15 is 0 Å². The van der Waals surface area contributed by atoms with E-state index < -0.39 is 27.2 Å². The number of ether oxygens (including phenoxy) is 2. The number of esters is 1. The average molecular weight is 318 g/mol. The predicted octanol–water partition coefficient (Wildman–Crippen LogP) is 1.48. The van der Waals surface area contributed by atoms with Gasteiger partial charge in [-0.15, -0.1) is 0 Å². The fraction of sp³-hybridized carbons (Fsp3) is 0.700. The third-order valence-electron chi connectivity index (χ3n) is 2.88. The molecule has 0 aliphatic heterocycles. The maximum Gasteiger partial charge on any atom is 0.534 e. The second-order valence-corrected chi connectivity index (χ2v) is 5.59. The smallest absolute Gasteiger partial charge is 0.467 e. The van der Waals surface area contributed by atoms with E-state index in [9.17, 15) is 26.4 Å². The van der Waals surface area contributed by atoms with E-state index in [2.05, 4.69) is 8.92 Å². The van der Waals surface area contributed by atoms with Gasteiger partial charge in [0.2, 0.25) is 0 Å². The zero-order valence-corrected chi connectivity index (χ0v) is 11.5. The van der Waals surface area contributed by atoms with Crippen molar-refractivity contribution in [2.45, 2.75) is 30.4 Å². The summed E-state index contributed by atoms with van der Waals surface area (Å²) in [6.07, 6.45) is 0.694. The minimum absolute atomic E-state index is 0.0462. The lowest BCUT2D eigenvalue weighted by atomic mass is 9.88. The number of rotatable bonds is 4. The Kier molecular flexibility index (Phi) is 4.70.